The molecule has 3 N–H and O–H groups in total. The first-order valence-electron chi connectivity index (χ1n) is 8.90. The lowest BCUT2D eigenvalue weighted by Crippen LogP contribution is -2.37. The molecular formula is C18H25F2N5. The van der Waals surface area contributed by atoms with Crippen molar-refractivity contribution in [3.8, 4) is 11.4 Å². The molecule has 0 aromatic carbocycles. The van der Waals surface area contributed by atoms with Gasteiger partial charge in [-0.2, -0.15) is 5.10 Å². The van der Waals surface area contributed by atoms with E-state index in [2.05, 4.69) is 10.3 Å². The van der Waals surface area contributed by atoms with E-state index in [1.165, 1.54) is 12.8 Å². The van der Waals surface area contributed by atoms with Crippen LogP contribution in [0.5, 0.6) is 0 Å². The highest BCUT2D eigenvalue weighted by Gasteiger charge is 2.23. The number of halogens is 2. The first-order valence-corrected chi connectivity index (χ1v) is 8.90. The summed E-state index contributed by atoms with van der Waals surface area (Å²) in [5, 5.41) is 7.67. The molecule has 5 nitrogen and oxygen atoms in total. The van der Waals surface area contributed by atoms with E-state index in [1.54, 1.807) is 6.20 Å². The summed E-state index contributed by atoms with van der Waals surface area (Å²) in [5.74, 6) is 0. The lowest BCUT2D eigenvalue weighted by molar-refractivity contribution is 0.0943. The van der Waals surface area contributed by atoms with Crippen LogP contribution in [0.2, 0.25) is 0 Å². The Morgan fingerprint density at radius 3 is 2.72 bits per heavy atom. The van der Waals surface area contributed by atoms with E-state index in [9.17, 15) is 8.78 Å². The monoisotopic (exact) mass is 349 g/mol. The highest BCUT2D eigenvalue weighted by molar-refractivity contribution is 5.58. The maximum Gasteiger partial charge on any atom is 0.253 e. The number of hydrogen-bond donors (Lipinski definition) is 2. The van der Waals surface area contributed by atoms with Crippen LogP contribution in [0.4, 0.5) is 8.78 Å². The second-order valence-electron chi connectivity index (χ2n) is 6.54. The Bertz CT molecular complexity index is 653. The van der Waals surface area contributed by atoms with Gasteiger partial charge in [-0.1, -0.05) is 18.9 Å². The molecule has 7 heteroatoms. The molecule has 1 atom stereocenters. The first kappa shape index (κ1) is 17.9. The van der Waals surface area contributed by atoms with Crippen molar-refractivity contribution in [2.45, 2.75) is 57.2 Å². The van der Waals surface area contributed by atoms with Crippen LogP contribution in [0, 0.1) is 0 Å². The Balaban J connectivity index is 1.83. The van der Waals surface area contributed by atoms with E-state index in [0.29, 0.717) is 12.6 Å². The van der Waals surface area contributed by atoms with Gasteiger partial charge in [0, 0.05) is 24.5 Å². The van der Waals surface area contributed by atoms with Crippen molar-refractivity contribution in [2.75, 3.05) is 6.54 Å². The van der Waals surface area contributed by atoms with E-state index < -0.39 is 12.5 Å². The summed E-state index contributed by atoms with van der Waals surface area (Å²) in [7, 11) is 0. The van der Waals surface area contributed by atoms with Gasteiger partial charge in [0.05, 0.1) is 17.8 Å². The van der Waals surface area contributed by atoms with Crippen LogP contribution in [0.25, 0.3) is 11.4 Å². The van der Waals surface area contributed by atoms with Gasteiger partial charge in [0.25, 0.3) is 6.43 Å². The molecule has 0 saturated heterocycles. The SMILES string of the molecule is NCCC(NCc1cn(C2CCCC2)nc1-c1ccccn1)C(F)F. The molecule has 3 rings (SSSR count). The summed E-state index contributed by atoms with van der Waals surface area (Å²) >= 11 is 0. The Labute approximate surface area is 146 Å². The van der Waals surface area contributed by atoms with Gasteiger partial charge >= 0.3 is 0 Å². The molecule has 1 aliphatic carbocycles. The maximum absolute atomic E-state index is 13.1. The van der Waals surface area contributed by atoms with Crippen LogP contribution in [0.1, 0.15) is 43.7 Å². The molecule has 0 spiro atoms. The summed E-state index contributed by atoms with van der Waals surface area (Å²) in [4.78, 5) is 4.38. The molecule has 0 aliphatic heterocycles. The molecule has 1 fully saturated rings. The third kappa shape index (κ3) is 4.41. The first-order chi connectivity index (χ1) is 12.2. The lowest BCUT2D eigenvalue weighted by Gasteiger charge is -2.16. The molecule has 2 aromatic rings. The fourth-order valence-corrected chi connectivity index (χ4v) is 3.37. The second-order valence-corrected chi connectivity index (χ2v) is 6.54. The number of nitrogens with zero attached hydrogens (tertiary/aromatic N) is 3. The van der Waals surface area contributed by atoms with E-state index in [1.807, 2.05) is 29.1 Å². The van der Waals surface area contributed by atoms with Crippen LogP contribution >= 0.6 is 0 Å². The van der Waals surface area contributed by atoms with Crippen LogP contribution in [0.15, 0.2) is 30.6 Å². The number of rotatable bonds is 8. The van der Waals surface area contributed by atoms with Crippen molar-refractivity contribution >= 4 is 0 Å². The van der Waals surface area contributed by atoms with Crippen molar-refractivity contribution < 1.29 is 8.78 Å². The quantitative estimate of drug-likeness (QED) is 0.768. The Morgan fingerprint density at radius 2 is 2.08 bits per heavy atom. The minimum atomic E-state index is -2.44. The molecule has 0 radical (unpaired) electrons. The summed E-state index contributed by atoms with van der Waals surface area (Å²) in [6, 6.07) is 5.14. The van der Waals surface area contributed by atoms with E-state index in [-0.39, 0.29) is 13.0 Å². The van der Waals surface area contributed by atoms with Gasteiger partial charge in [0.2, 0.25) is 0 Å². The largest absolute Gasteiger partial charge is 0.330 e. The van der Waals surface area contributed by atoms with Crippen molar-refractivity contribution in [1.82, 2.24) is 20.1 Å². The summed E-state index contributed by atoms with van der Waals surface area (Å²) in [6.07, 6.45) is 6.16. The third-order valence-corrected chi connectivity index (χ3v) is 4.75. The number of nitrogens with one attached hydrogen (secondary N) is 1. The highest BCUT2D eigenvalue weighted by atomic mass is 19.3. The lowest BCUT2D eigenvalue weighted by atomic mass is 10.1. The van der Waals surface area contributed by atoms with Crippen LogP contribution in [0.3, 0.4) is 0 Å². The number of aromatic nitrogens is 3. The van der Waals surface area contributed by atoms with Crippen molar-refractivity contribution in [2.24, 2.45) is 5.73 Å². The molecule has 136 valence electrons. The minimum absolute atomic E-state index is 0.233. The van der Waals surface area contributed by atoms with Gasteiger partial charge < -0.3 is 11.1 Å². The molecule has 25 heavy (non-hydrogen) atoms. The molecule has 0 bridgehead atoms. The molecule has 0 amide bonds. The number of hydrogen-bond acceptors (Lipinski definition) is 4. The van der Waals surface area contributed by atoms with Crippen molar-refractivity contribution in [1.29, 1.82) is 0 Å². The average molecular weight is 349 g/mol. The van der Waals surface area contributed by atoms with Gasteiger partial charge in [-0.25, -0.2) is 8.78 Å². The number of pyridine rings is 1. The van der Waals surface area contributed by atoms with Gasteiger partial charge in [-0.3, -0.25) is 9.67 Å². The third-order valence-electron chi connectivity index (χ3n) is 4.75. The van der Waals surface area contributed by atoms with E-state index in [4.69, 9.17) is 10.8 Å². The molecule has 1 unspecified atom stereocenters. The zero-order valence-electron chi connectivity index (χ0n) is 14.2. The van der Waals surface area contributed by atoms with Crippen molar-refractivity contribution in [3.05, 3.63) is 36.2 Å². The Morgan fingerprint density at radius 1 is 1.28 bits per heavy atom. The Hall–Kier alpha value is -1.86. The van der Waals surface area contributed by atoms with Crippen LogP contribution < -0.4 is 11.1 Å². The van der Waals surface area contributed by atoms with Gasteiger partial charge in [0.15, 0.2) is 0 Å². The second kappa shape index (κ2) is 8.49. The summed E-state index contributed by atoms with van der Waals surface area (Å²) in [6.45, 7) is 0.560. The number of nitrogens with two attached hydrogens (primary N) is 1. The van der Waals surface area contributed by atoms with Crippen LogP contribution in [-0.4, -0.2) is 33.8 Å². The fourth-order valence-electron chi connectivity index (χ4n) is 3.37. The topological polar surface area (TPSA) is 68.8 Å². The molecular weight excluding hydrogens is 324 g/mol. The predicted molar refractivity (Wildman–Crippen MR) is 93.3 cm³/mol. The molecule has 1 saturated carbocycles. The van der Waals surface area contributed by atoms with Gasteiger partial charge in [0.1, 0.15) is 5.69 Å². The van der Waals surface area contributed by atoms with Gasteiger partial charge in [-0.15, -0.1) is 0 Å². The van der Waals surface area contributed by atoms with Crippen molar-refractivity contribution in [3.63, 3.8) is 0 Å². The smallest absolute Gasteiger partial charge is 0.253 e. The van der Waals surface area contributed by atoms with E-state index in [0.717, 1.165) is 29.8 Å². The number of alkyl halides is 2. The fraction of sp³-hybridized carbons (Fsp3) is 0.556. The Kier molecular flexibility index (Phi) is 6.09. The summed E-state index contributed by atoms with van der Waals surface area (Å²) < 4.78 is 28.2. The minimum Gasteiger partial charge on any atom is -0.330 e. The van der Waals surface area contributed by atoms with Crippen LogP contribution in [-0.2, 0) is 6.54 Å². The standard InChI is InChI=1S/C18H25F2N5/c19-18(20)16(8-9-21)23-11-13-12-25(14-5-1-2-6-14)24-17(13)15-7-3-4-10-22-15/h3-4,7,10,12,14,16,18,23H,1-2,5-6,8-9,11,21H2. The molecule has 1 aliphatic rings. The van der Waals surface area contributed by atoms with Gasteiger partial charge in [-0.05, 0) is 37.9 Å². The average Bonchev–Trinajstić information content (AvgIpc) is 3.28. The normalized spacial score (nSPS) is 16.6. The molecule has 2 aromatic heterocycles. The zero-order chi connectivity index (χ0) is 17.6. The maximum atomic E-state index is 13.1. The zero-order valence-corrected chi connectivity index (χ0v) is 14.2. The highest BCUT2D eigenvalue weighted by Crippen LogP contribution is 2.31. The molecule has 2 heterocycles. The van der Waals surface area contributed by atoms with E-state index >= 15 is 0 Å². The summed E-state index contributed by atoms with van der Waals surface area (Å²) in [5.41, 5.74) is 7.87. The predicted octanol–water partition coefficient (Wildman–Crippen LogP) is 3.13.